The Morgan fingerprint density at radius 3 is 2.70 bits per heavy atom. The minimum absolute atomic E-state index is 0.191. The molecule has 0 aromatic rings. The standard InChI is InChI=1S/C4H9NO3S2/c1-10(7)8-4(6)3(5)2-9/h3,9H,2,5H2,1H3. The lowest BCUT2D eigenvalue weighted by Gasteiger charge is -2.04. The van der Waals surface area contributed by atoms with Crippen LogP contribution in [-0.4, -0.2) is 28.2 Å². The molecule has 0 aromatic carbocycles. The first-order chi connectivity index (χ1) is 4.57. The summed E-state index contributed by atoms with van der Waals surface area (Å²) in [6.45, 7) is 0. The summed E-state index contributed by atoms with van der Waals surface area (Å²) in [6, 6.07) is -0.785. The molecule has 0 aliphatic heterocycles. The van der Waals surface area contributed by atoms with Gasteiger partial charge in [-0.15, -0.1) is 0 Å². The van der Waals surface area contributed by atoms with Crippen LogP contribution < -0.4 is 5.73 Å². The Balaban J connectivity index is 3.73. The molecule has 0 bridgehead atoms. The van der Waals surface area contributed by atoms with Crippen molar-refractivity contribution < 1.29 is 13.2 Å². The fourth-order valence-corrected chi connectivity index (χ4v) is 0.756. The predicted octanol–water partition coefficient (Wildman–Crippen LogP) is -0.920. The molecule has 2 unspecified atom stereocenters. The summed E-state index contributed by atoms with van der Waals surface area (Å²) in [5.74, 6) is -0.494. The highest BCUT2D eigenvalue weighted by Crippen LogP contribution is 1.89. The van der Waals surface area contributed by atoms with Crippen molar-refractivity contribution in [2.75, 3.05) is 12.0 Å². The monoisotopic (exact) mass is 183 g/mol. The van der Waals surface area contributed by atoms with Gasteiger partial charge >= 0.3 is 5.97 Å². The topological polar surface area (TPSA) is 69.4 Å². The molecule has 60 valence electrons. The summed E-state index contributed by atoms with van der Waals surface area (Å²) in [5.41, 5.74) is 5.18. The van der Waals surface area contributed by atoms with Crippen molar-refractivity contribution in [2.24, 2.45) is 5.73 Å². The summed E-state index contributed by atoms with van der Waals surface area (Å²) in [5, 5.41) is 0. The zero-order valence-electron chi connectivity index (χ0n) is 5.44. The van der Waals surface area contributed by atoms with E-state index in [-0.39, 0.29) is 5.75 Å². The van der Waals surface area contributed by atoms with E-state index < -0.39 is 23.1 Å². The first-order valence-electron chi connectivity index (χ1n) is 2.50. The highest BCUT2D eigenvalue weighted by molar-refractivity contribution is 7.80. The number of rotatable bonds is 3. The van der Waals surface area contributed by atoms with Crippen molar-refractivity contribution in [3.05, 3.63) is 0 Å². The summed E-state index contributed by atoms with van der Waals surface area (Å²) >= 11 is 2.17. The lowest BCUT2D eigenvalue weighted by molar-refractivity contribution is -0.134. The molecule has 0 aliphatic rings. The van der Waals surface area contributed by atoms with Crippen molar-refractivity contribution in [1.82, 2.24) is 0 Å². The lowest BCUT2D eigenvalue weighted by atomic mass is 10.4. The first kappa shape index (κ1) is 9.93. The maximum atomic E-state index is 10.6. The van der Waals surface area contributed by atoms with Gasteiger partial charge in [0.05, 0.1) is 0 Å². The lowest BCUT2D eigenvalue weighted by Crippen LogP contribution is -2.34. The summed E-state index contributed by atoms with van der Waals surface area (Å²) < 4.78 is 14.5. The van der Waals surface area contributed by atoms with E-state index in [2.05, 4.69) is 16.8 Å². The maximum Gasteiger partial charge on any atom is 0.337 e. The molecule has 0 rings (SSSR count). The molecule has 0 saturated carbocycles. The van der Waals surface area contributed by atoms with Crippen LogP contribution in [0.1, 0.15) is 0 Å². The van der Waals surface area contributed by atoms with Crippen LogP contribution in [0.2, 0.25) is 0 Å². The molecule has 0 spiro atoms. The predicted molar refractivity (Wildman–Crippen MR) is 42.0 cm³/mol. The zero-order chi connectivity index (χ0) is 8.15. The van der Waals surface area contributed by atoms with Crippen molar-refractivity contribution in [2.45, 2.75) is 6.04 Å². The molecule has 10 heavy (non-hydrogen) atoms. The molecular weight excluding hydrogens is 174 g/mol. The summed E-state index contributed by atoms with van der Waals surface area (Å²) in [7, 11) is 0. The fourth-order valence-electron chi connectivity index (χ4n) is 0.252. The molecule has 2 atom stereocenters. The highest BCUT2D eigenvalue weighted by Gasteiger charge is 2.13. The van der Waals surface area contributed by atoms with Crippen molar-refractivity contribution in [3.63, 3.8) is 0 Å². The van der Waals surface area contributed by atoms with E-state index in [0.29, 0.717) is 0 Å². The quantitative estimate of drug-likeness (QED) is 0.555. The molecule has 0 amide bonds. The minimum Gasteiger partial charge on any atom is -0.363 e. The van der Waals surface area contributed by atoms with Crippen LogP contribution >= 0.6 is 12.6 Å². The third-order valence-electron chi connectivity index (χ3n) is 0.699. The number of hydrogen-bond acceptors (Lipinski definition) is 5. The largest absolute Gasteiger partial charge is 0.363 e. The van der Waals surface area contributed by atoms with Crippen LogP contribution in [0.15, 0.2) is 0 Å². The van der Waals surface area contributed by atoms with Gasteiger partial charge in [0, 0.05) is 12.0 Å². The minimum atomic E-state index is -1.58. The average Bonchev–Trinajstić information content (AvgIpc) is 1.85. The third-order valence-corrected chi connectivity index (χ3v) is 1.49. The van der Waals surface area contributed by atoms with Crippen LogP contribution in [0, 0.1) is 0 Å². The van der Waals surface area contributed by atoms with Gasteiger partial charge in [0.25, 0.3) is 0 Å². The highest BCUT2D eigenvalue weighted by atomic mass is 32.2. The molecule has 0 saturated heterocycles. The van der Waals surface area contributed by atoms with E-state index in [0.717, 1.165) is 0 Å². The number of carbonyl (C=O) groups excluding carboxylic acids is 1. The normalized spacial score (nSPS) is 15.9. The van der Waals surface area contributed by atoms with Gasteiger partial charge in [-0.2, -0.15) is 12.6 Å². The molecule has 6 heteroatoms. The second-order valence-electron chi connectivity index (χ2n) is 1.59. The van der Waals surface area contributed by atoms with Gasteiger partial charge in [-0.3, -0.25) is 0 Å². The first-order valence-corrected chi connectivity index (χ1v) is 4.61. The van der Waals surface area contributed by atoms with Crippen molar-refractivity contribution >= 4 is 29.7 Å². The van der Waals surface area contributed by atoms with Gasteiger partial charge < -0.3 is 9.92 Å². The van der Waals surface area contributed by atoms with Crippen LogP contribution in [0.5, 0.6) is 0 Å². The second kappa shape index (κ2) is 4.70. The zero-order valence-corrected chi connectivity index (χ0v) is 7.15. The fraction of sp³-hybridized carbons (Fsp3) is 0.750. The Labute approximate surface area is 67.2 Å². The molecule has 2 N–H and O–H groups in total. The Hall–Kier alpha value is -0.0700. The third kappa shape index (κ3) is 3.86. The number of carbonyl (C=O) groups is 1. The van der Waals surface area contributed by atoms with E-state index in [1.807, 2.05) is 0 Å². The van der Waals surface area contributed by atoms with Crippen molar-refractivity contribution in [1.29, 1.82) is 0 Å². The Bertz CT molecular complexity index is 149. The average molecular weight is 183 g/mol. The summed E-state index contributed by atoms with van der Waals surface area (Å²) in [4.78, 5) is 10.6. The molecule has 4 nitrogen and oxygen atoms in total. The summed E-state index contributed by atoms with van der Waals surface area (Å²) in [6.07, 6.45) is 1.25. The van der Waals surface area contributed by atoms with E-state index >= 15 is 0 Å². The van der Waals surface area contributed by atoms with Gasteiger partial charge in [0.15, 0.2) is 0 Å². The van der Waals surface area contributed by atoms with Gasteiger partial charge in [0.1, 0.15) is 6.04 Å². The van der Waals surface area contributed by atoms with Crippen LogP contribution in [0.25, 0.3) is 0 Å². The van der Waals surface area contributed by atoms with E-state index in [4.69, 9.17) is 5.73 Å². The van der Waals surface area contributed by atoms with Crippen LogP contribution in [0.4, 0.5) is 0 Å². The Morgan fingerprint density at radius 1 is 1.90 bits per heavy atom. The maximum absolute atomic E-state index is 10.6. The molecule has 0 aromatic heterocycles. The number of thiol groups is 1. The number of nitrogens with two attached hydrogens (primary N) is 1. The smallest absolute Gasteiger partial charge is 0.337 e. The van der Waals surface area contributed by atoms with Crippen LogP contribution in [0.3, 0.4) is 0 Å². The number of hydrogen-bond donors (Lipinski definition) is 2. The van der Waals surface area contributed by atoms with Gasteiger partial charge in [-0.05, 0) is 0 Å². The van der Waals surface area contributed by atoms with E-state index in [1.165, 1.54) is 6.26 Å². The van der Waals surface area contributed by atoms with Gasteiger partial charge in [-0.25, -0.2) is 9.00 Å². The van der Waals surface area contributed by atoms with E-state index in [9.17, 15) is 9.00 Å². The van der Waals surface area contributed by atoms with E-state index in [1.54, 1.807) is 0 Å². The Kier molecular flexibility index (Phi) is 4.67. The SMILES string of the molecule is CS(=O)OC(=O)C(N)CS. The molecular formula is C4H9NO3S2. The molecule has 0 radical (unpaired) electrons. The molecule has 0 aliphatic carbocycles. The van der Waals surface area contributed by atoms with Crippen LogP contribution in [-0.2, 0) is 20.1 Å². The van der Waals surface area contributed by atoms with Gasteiger partial charge in [-0.1, -0.05) is 0 Å². The second-order valence-corrected chi connectivity index (χ2v) is 2.93. The van der Waals surface area contributed by atoms with Gasteiger partial charge in [0.2, 0.25) is 11.1 Å². The molecule has 0 fully saturated rings. The molecule has 0 heterocycles. The van der Waals surface area contributed by atoms with Crippen molar-refractivity contribution in [3.8, 4) is 0 Å². The Morgan fingerprint density at radius 2 is 2.40 bits per heavy atom.